The summed E-state index contributed by atoms with van der Waals surface area (Å²) < 4.78 is 16.3. The Hall–Kier alpha value is -2.90. The molecule has 3 aromatic rings. The van der Waals surface area contributed by atoms with E-state index in [1.54, 1.807) is 6.92 Å². The summed E-state index contributed by atoms with van der Waals surface area (Å²) >= 11 is 0. The lowest BCUT2D eigenvalue weighted by molar-refractivity contribution is 0.285. The van der Waals surface area contributed by atoms with Crippen LogP contribution in [0.25, 0.3) is 0 Å². The fourth-order valence-corrected chi connectivity index (χ4v) is 3.25. The largest absolute Gasteiger partial charge is 0.485 e. The molecule has 1 saturated carbocycles. The van der Waals surface area contributed by atoms with Crippen LogP contribution in [0.1, 0.15) is 61.2 Å². The highest BCUT2D eigenvalue weighted by atomic mass is 16.5. The lowest BCUT2D eigenvalue weighted by atomic mass is 9.89. The van der Waals surface area contributed by atoms with Gasteiger partial charge in [-0.25, -0.2) is 0 Å². The van der Waals surface area contributed by atoms with Crippen LogP contribution in [0.3, 0.4) is 0 Å². The van der Waals surface area contributed by atoms with Gasteiger partial charge in [-0.3, -0.25) is 0 Å². The molecule has 1 aromatic carbocycles. The van der Waals surface area contributed by atoms with Gasteiger partial charge in [0.1, 0.15) is 5.75 Å². The predicted molar refractivity (Wildman–Crippen MR) is 97.3 cm³/mol. The van der Waals surface area contributed by atoms with Crippen LogP contribution >= 0.6 is 0 Å². The average Bonchev–Trinajstić information content (AvgIpc) is 3.35. The Morgan fingerprint density at radius 3 is 2.67 bits per heavy atom. The molecule has 2 aromatic heterocycles. The minimum absolute atomic E-state index is 0.279. The quantitative estimate of drug-likeness (QED) is 0.667. The van der Waals surface area contributed by atoms with Crippen LogP contribution < -0.4 is 10.1 Å². The SMILES string of the molecule is Cc1nc(COc2ccc(CNc3nnc(C4CCCCC4)o3)cc2)no1. The Bertz CT molecular complexity index is 852. The molecule has 0 bridgehead atoms. The van der Waals surface area contributed by atoms with Gasteiger partial charge in [-0.05, 0) is 30.5 Å². The normalized spacial score (nSPS) is 15.0. The number of benzene rings is 1. The molecule has 8 heteroatoms. The Morgan fingerprint density at radius 2 is 1.93 bits per heavy atom. The minimum Gasteiger partial charge on any atom is -0.485 e. The first-order valence-corrected chi connectivity index (χ1v) is 9.34. The van der Waals surface area contributed by atoms with E-state index in [0.717, 1.165) is 30.0 Å². The van der Waals surface area contributed by atoms with Gasteiger partial charge in [-0.1, -0.05) is 41.7 Å². The molecule has 8 nitrogen and oxygen atoms in total. The summed E-state index contributed by atoms with van der Waals surface area (Å²) in [6.45, 7) is 2.64. The third-order valence-electron chi connectivity index (χ3n) is 4.70. The van der Waals surface area contributed by atoms with Crippen molar-refractivity contribution in [2.24, 2.45) is 0 Å². The van der Waals surface area contributed by atoms with Gasteiger partial charge in [-0.15, -0.1) is 5.10 Å². The van der Waals surface area contributed by atoms with Gasteiger partial charge < -0.3 is 19.0 Å². The van der Waals surface area contributed by atoms with Crippen molar-refractivity contribution >= 4 is 6.01 Å². The number of aryl methyl sites for hydroxylation is 1. The smallest absolute Gasteiger partial charge is 0.315 e. The molecule has 1 aliphatic rings. The Kier molecular flexibility index (Phi) is 5.32. The van der Waals surface area contributed by atoms with Crippen molar-refractivity contribution in [1.29, 1.82) is 0 Å². The van der Waals surface area contributed by atoms with Gasteiger partial charge in [0.25, 0.3) is 0 Å². The highest BCUT2D eigenvalue weighted by Crippen LogP contribution is 2.32. The number of nitrogens with one attached hydrogen (secondary N) is 1. The second-order valence-corrected chi connectivity index (χ2v) is 6.80. The summed E-state index contributed by atoms with van der Waals surface area (Å²) in [5.41, 5.74) is 1.09. The number of hydrogen-bond acceptors (Lipinski definition) is 8. The standard InChI is InChI=1S/C19H23N5O3/c1-13-21-17(24-27-13)12-25-16-9-7-14(8-10-16)11-20-19-23-22-18(26-19)15-5-3-2-4-6-15/h7-10,15H,2-6,11-12H2,1H3,(H,20,23). The van der Waals surface area contributed by atoms with E-state index in [0.29, 0.717) is 30.2 Å². The summed E-state index contributed by atoms with van der Waals surface area (Å²) in [4.78, 5) is 4.11. The van der Waals surface area contributed by atoms with Crippen molar-refractivity contribution in [2.45, 2.75) is 58.1 Å². The maximum atomic E-state index is 5.78. The molecular weight excluding hydrogens is 346 g/mol. The lowest BCUT2D eigenvalue weighted by Gasteiger charge is -2.17. The molecule has 0 aliphatic heterocycles. The fraction of sp³-hybridized carbons (Fsp3) is 0.474. The first-order chi connectivity index (χ1) is 13.3. The molecule has 142 valence electrons. The van der Waals surface area contributed by atoms with E-state index in [-0.39, 0.29) is 6.61 Å². The molecule has 1 N–H and O–H groups in total. The molecule has 27 heavy (non-hydrogen) atoms. The van der Waals surface area contributed by atoms with E-state index < -0.39 is 0 Å². The predicted octanol–water partition coefficient (Wildman–Crippen LogP) is 4.00. The molecule has 1 aliphatic carbocycles. The molecule has 4 rings (SSSR count). The maximum Gasteiger partial charge on any atom is 0.315 e. The number of hydrogen-bond donors (Lipinski definition) is 1. The molecule has 0 unspecified atom stereocenters. The molecule has 0 saturated heterocycles. The first-order valence-electron chi connectivity index (χ1n) is 9.34. The van der Waals surface area contributed by atoms with E-state index in [4.69, 9.17) is 13.7 Å². The molecule has 0 spiro atoms. The molecule has 1 fully saturated rings. The van der Waals surface area contributed by atoms with Crippen LogP contribution in [0.2, 0.25) is 0 Å². The molecular formula is C19H23N5O3. The fourth-order valence-electron chi connectivity index (χ4n) is 3.25. The van der Waals surface area contributed by atoms with Crippen molar-refractivity contribution in [1.82, 2.24) is 20.3 Å². The van der Waals surface area contributed by atoms with Gasteiger partial charge in [-0.2, -0.15) is 4.98 Å². The molecule has 0 atom stereocenters. The monoisotopic (exact) mass is 369 g/mol. The van der Waals surface area contributed by atoms with Crippen LogP contribution in [0.15, 0.2) is 33.2 Å². The zero-order chi connectivity index (χ0) is 18.5. The van der Waals surface area contributed by atoms with Crippen molar-refractivity contribution in [3.05, 3.63) is 47.4 Å². The van der Waals surface area contributed by atoms with Gasteiger partial charge >= 0.3 is 6.01 Å². The van der Waals surface area contributed by atoms with Gasteiger partial charge in [0.05, 0.1) is 0 Å². The van der Waals surface area contributed by atoms with Crippen LogP contribution in [0, 0.1) is 6.92 Å². The highest BCUT2D eigenvalue weighted by molar-refractivity contribution is 5.30. The summed E-state index contributed by atoms with van der Waals surface area (Å²) in [5.74, 6) is 2.99. The second kappa shape index (κ2) is 8.20. The van der Waals surface area contributed by atoms with Gasteiger partial charge in [0.2, 0.25) is 17.6 Å². The van der Waals surface area contributed by atoms with Crippen LogP contribution in [0.5, 0.6) is 5.75 Å². The van der Waals surface area contributed by atoms with Gasteiger partial charge in [0.15, 0.2) is 6.61 Å². The third kappa shape index (κ3) is 4.64. The zero-order valence-corrected chi connectivity index (χ0v) is 15.4. The lowest BCUT2D eigenvalue weighted by Crippen LogP contribution is -2.04. The third-order valence-corrected chi connectivity index (χ3v) is 4.70. The summed E-state index contributed by atoms with van der Waals surface area (Å²) in [5, 5.41) is 15.3. The van der Waals surface area contributed by atoms with Crippen LogP contribution in [-0.2, 0) is 13.2 Å². The Labute approximate surface area is 157 Å². The second-order valence-electron chi connectivity index (χ2n) is 6.80. The maximum absolute atomic E-state index is 5.78. The summed E-state index contributed by atoms with van der Waals surface area (Å²) in [7, 11) is 0. The number of anilines is 1. The van der Waals surface area contributed by atoms with Crippen LogP contribution in [0.4, 0.5) is 6.01 Å². The van der Waals surface area contributed by atoms with Crippen LogP contribution in [-0.4, -0.2) is 20.3 Å². The Morgan fingerprint density at radius 1 is 1.11 bits per heavy atom. The van der Waals surface area contributed by atoms with E-state index >= 15 is 0 Å². The van der Waals surface area contributed by atoms with Gasteiger partial charge in [0, 0.05) is 19.4 Å². The zero-order valence-electron chi connectivity index (χ0n) is 15.4. The number of rotatable bonds is 7. The number of nitrogens with zero attached hydrogens (tertiary/aromatic N) is 4. The molecule has 0 amide bonds. The molecule has 2 heterocycles. The first kappa shape index (κ1) is 17.5. The topological polar surface area (TPSA) is 99.1 Å². The van der Waals surface area contributed by atoms with E-state index in [1.807, 2.05) is 24.3 Å². The van der Waals surface area contributed by atoms with E-state index in [2.05, 4.69) is 25.7 Å². The van der Waals surface area contributed by atoms with E-state index in [9.17, 15) is 0 Å². The Balaban J connectivity index is 1.26. The number of aromatic nitrogens is 4. The van der Waals surface area contributed by atoms with Crippen molar-refractivity contribution in [3.63, 3.8) is 0 Å². The average molecular weight is 369 g/mol. The van der Waals surface area contributed by atoms with Crippen molar-refractivity contribution in [2.75, 3.05) is 5.32 Å². The van der Waals surface area contributed by atoms with Crippen molar-refractivity contribution in [3.8, 4) is 5.75 Å². The highest BCUT2D eigenvalue weighted by Gasteiger charge is 2.21. The van der Waals surface area contributed by atoms with Crippen molar-refractivity contribution < 1.29 is 13.7 Å². The molecule has 0 radical (unpaired) electrons. The minimum atomic E-state index is 0.279. The van der Waals surface area contributed by atoms with E-state index in [1.165, 1.54) is 19.3 Å². The summed E-state index contributed by atoms with van der Waals surface area (Å²) in [6.07, 6.45) is 6.09. The number of ether oxygens (including phenoxy) is 1. The summed E-state index contributed by atoms with van der Waals surface area (Å²) in [6, 6.07) is 8.27.